The van der Waals surface area contributed by atoms with E-state index < -0.39 is 11.9 Å². The van der Waals surface area contributed by atoms with Crippen LogP contribution in [0.3, 0.4) is 0 Å². The van der Waals surface area contributed by atoms with Crippen LogP contribution in [-0.2, 0) is 12.8 Å². The number of aromatic nitrogens is 1. The third-order valence-corrected chi connectivity index (χ3v) is 4.48. The number of benzene rings is 2. The van der Waals surface area contributed by atoms with Crippen molar-refractivity contribution in [2.75, 3.05) is 5.32 Å². The second-order valence-corrected chi connectivity index (χ2v) is 6.88. The van der Waals surface area contributed by atoms with Gasteiger partial charge in [-0.25, -0.2) is 4.79 Å². The number of nitrogens with zero attached hydrogens (tertiary/aromatic N) is 1. The number of carbonyl (C=O) groups is 2. The summed E-state index contributed by atoms with van der Waals surface area (Å²) in [6.45, 7) is 0. The van der Waals surface area contributed by atoms with Crippen molar-refractivity contribution in [3.05, 3.63) is 81.7 Å². The van der Waals surface area contributed by atoms with Gasteiger partial charge in [0.1, 0.15) is 5.76 Å². The van der Waals surface area contributed by atoms with Crippen molar-refractivity contribution >= 4 is 33.5 Å². The lowest BCUT2D eigenvalue weighted by Crippen LogP contribution is -2.15. The molecule has 3 aromatic rings. The number of hydrogen-bond acceptors (Lipinski definition) is 4. The molecule has 2 N–H and O–H groups in total. The molecule has 0 aliphatic heterocycles. The average molecular weight is 429 g/mol. The van der Waals surface area contributed by atoms with Crippen LogP contribution in [0.1, 0.15) is 38.6 Å². The fourth-order valence-corrected chi connectivity index (χ4v) is 3.00. The smallest absolute Gasteiger partial charge is 0.337 e. The van der Waals surface area contributed by atoms with Crippen molar-refractivity contribution < 1.29 is 19.2 Å². The molecule has 7 heteroatoms. The summed E-state index contributed by atoms with van der Waals surface area (Å²) in [6.07, 6.45) is 2.44. The molecule has 1 aromatic heterocycles. The highest BCUT2D eigenvalue weighted by molar-refractivity contribution is 9.10. The van der Waals surface area contributed by atoms with Gasteiger partial charge in [0.15, 0.2) is 5.69 Å². The van der Waals surface area contributed by atoms with Crippen LogP contribution in [0.5, 0.6) is 0 Å². The highest BCUT2D eigenvalue weighted by atomic mass is 79.9. The van der Waals surface area contributed by atoms with E-state index in [0.29, 0.717) is 16.7 Å². The maximum Gasteiger partial charge on any atom is 0.337 e. The first-order valence-corrected chi connectivity index (χ1v) is 9.16. The minimum absolute atomic E-state index is 0.00990. The van der Waals surface area contributed by atoms with Crippen molar-refractivity contribution in [2.24, 2.45) is 0 Å². The number of hydrogen-bond donors (Lipinski definition) is 2. The van der Waals surface area contributed by atoms with Gasteiger partial charge in [0, 0.05) is 17.0 Å². The van der Waals surface area contributed by atoms with Crippen molar-refractivity contribution in [3.63, 3.8) is 0 Å². The minimum Gasteiger partial charge on any atom is -0.478 e. The number of nitrogens with one attached hydrogen (secondary N) is 1. The van der Waals surface area contributed by atoms with E-state index in [4.69, 9.17) is 4.52 Å². The zero-order valence-corrected chi connectivity index (χ0v) is 15.9. The Kier molecular flexibility index (Phi) is 6.03. The number of halogens is 1. The lowest BCUT2D eigenvalue weighted by molar-refractivity contribution is 0.0698. The molecule has 2 aromatic carbocycles. The lowest BCUT2D eigenvalue weighted by Gasteiger charge is -2.07. The first kappa shape index (κ1) is 18.8. The molecular weight excluding hydrogens is 412 g/mol. The number of aryl methyl sites for hydroxylation is 2. The molecule has 0 aliphatic carbocycles. The van der Waals surface area contributed by atoms with Gasteiger partial charge in [0.2, 0.25) is 0 Å². The molecule has 0 radical (unpaired) electrons. The van der Waals surface area contributed by atoms with Gasteiger partial charge < -0.3 is 14.9 Å². The van der Waals surface area contributed by atoms with E-state index in [-0.39, 0.29) is 16.9 Å². The van der Waals surface area contributed by atoms with Gasteiger partial charge in [-0.05, 0) is 36.6 Å². The summed E-state index contributed by atoms with van der Waals surface area (Å²) in [5.74, 6) is -1.03. The summed E-state index contributed by atoms with van der Waals surface area (Å²) in [5.41, 5.74) is 1.55. The number of carboxylic acids is 1. The van der Waals surface area contributed by atoms with Crippen LogP contribution >= 0.6 is 15.9 Å². The minimum atomic E-state index is -1.13. The van der Waals surface area contributed by atoms with Gasteiger partial charge in [-0.15, -0.1) is 0 Å². The molecule has 6 nitrogen and oxygen atoms in total. The van der Waals surface area contributed by atoms with E-state index in [9.17, 15) is 14.7 Å². The number of carbonyl (C=O) groups excluding carboxylic acids is 1. The average Bonchev–Trinajstić information content (AvgIpc) is 3.13. The third kappa shape index (κ3) is 5.04. The molecule has 27 heavy (non-hydrogen) atoms. The molecule has 3 rings (SSSR count). The van der Waals surface area contributed by atoms with Crippen LogP contribution in [-0.4, -0.2) is 22.1 Å². The van der Waals surface area contributed by atoms with E-state index in [0.717, 1.165) is 12.8 Å². The Balaban J connectivity index is 1.61. The van der Waals surface area contributed by atoms with Crippen molar-refractivity contribution in [2.45, 2.75) is 19.3 Å². The Hall–Kier alpha value is -2.93. The summed E-state index contributed by atoms with van der Waals surface area (Å²) in [5, 5.41) is 15.6. The van der Waals surface area contributed by atoms with Crippen molar-refractivity contribution in [1.82, 2.24) is 5.16 Å². The molecule has 0 bridgehead atoms. The number of anilines is 1. The summed E-state index contributed by atoms with van der Waals surface area (Å²) < 4.78 is 5.83. The van der Waals surface area contributed by atoms with E-state index in [2.05, 4.69) is 38.5 Å². The normalized spacial score (nSPS) is 10.6. The molecule has 0 saturated carbocycles. The number of amides is 1. The van der Waals surface area contributed by atoms with Crippen LogP contribution < -0.4 is 5.32 Å². The first-order valence-electron chi connectivity index (χ1n) is 8.36. The molecule has 138 valence electrons. The summed E-state index contributed by atoms with van der Waals surface area (Å²) in [6, 6.07) is 16.3. The monoisotopic (exact) mass is 428 g/mol. The summed E-state index contributed by atoms with van der Waals surface area (Å²) in [4.78, 5) is 23.7. The molecule has 0 spiro atoms. The van der Waals surface area contributed by atoms with Gasteiger partial charge in [-0.2, -0.15) is 0 Å². The number of aromatic carboxylic acids is 1. The second kappa shape index (κ2) is 8.64. The molecule has 0 aliphatic rings. The topological polar surface area (TPSA) is 92.4 Å². The Morgan fingerprint density at radius 3 is 2.59 bits per heavy atom. The van der Waals surface area contributed by atoms with Crippen LogP contribution in [0.15, 0.2) is 63.6 Å². The largest absolute Gasteiger partial charge is 0.478 e. The molecule has 1 amide bonds. The molecule has 1 heterocycles. The zero-order chi connectivity index (χ0) is 19.2. The van der Waals surface area contributed by atoms with Gasteiger partial charge in [0.05, 0.1) is 11.3 Å². The maximum atomic E-state index is 12.3. The standard InChI is InChI=1S/C20H17BrN2O4/c21-14-9-10-17(16(11-14)20(25)26)22-19(24)18-12-15(27-23-18)8-4-7-13-5-2-1-3-6-13/h1-3,5-6,9-12H,4,7-8H2,(H,22,24)(H,25,26). The highest BCUT2D eigenvalue weighted by Gasteiger charge is 2.17. The van der Waals surface area contributed by atoms with E-state index in [1.807, 2.05) is 18.2 Å². The van der Waals surface area contributed by atoms with E-state index >= 15 is 0 Å². The van der Waals surface area contributed by atoms with Gasteiger partial charge in [-0.3, -0.25) is 4.79 Å². The molecule has 0 atom stereocenters. The van der Waals surface area contributed by atoms with Crippen molar-refractivity contribution in [1.29, 1.82) is 0 Å². The molecule has 0 fully saturated rings. The molecular formula is C20H17BrN2O4. The Labute approximate surface area is 164 Å². The SMILES string of the molecule is O=C(Nc1ccc(Br)cc1C(=O)O)c1cc(CCCc2ccccc2)on1. The number of carboxylic acid groups (broad SMARTS) is 1. The third-order valence-electron chi connectivity index (χ3n) is 3.98. The second-order valence-electron chi connectivity index (χ2n) is 5.97. The lowest BCUT2D eigenvalue weighted by atomic mass is 10.1. The van der Waals surface area contributed by atoms with E-state index in [1.165, 1.54) is 17.7 Å². The summed E-state index contributed by atoms with van der Waals surface area (Å²) >= 11 is 3.22. The van der Waals surface area contributed by atoms with Gasteiger partial charge in [0.25, 0.3) is 5.91 Å². The van der Waals surface area contributed by atoms with Gasteiger partial charge in [-0.1, -0.05) is 51.4 Å². The number of rotatable bonds is 7. The van der Waals surface area contributed by atoms with Gasteiger partial charge >= 0.3 is 5.97 Å². The zero-order valence-electron chi connectivity index (χ0n) is 14.3. The predicted molar refractivity (Wildman–Crippen MR) is 104 cm³/mol. The fraction of sp³-hybridized carbons (Fsp3) is 0.150. The van der Waals surface area contributed by atoms with Crippen LogP contribution in [0, 0.1) is 0 Å². The Morgan fingerprint density at radius 1 is 1.07 bits per heavy atom. The Bertz CT molecular complexity index is 954. The van der Waals surface area contributed by atoms with E-state index in [1.54, 1.807) is 12.1 Å². The summed E-state index contributed by atoms with van der Waals surface area (Å²) in [7, 11) is 0. The predicted octanol–water partition coefficient (Wildman–Crippen LogP) is 4.56. The maximum absolute atomic E-state index is 12.3. The van der Waals surface area contributed by atoms with Crippen LogP contribution in [0.2, 0.25) is 0 Å². The van der Waals surface area contributed by atoms with Crippen LogP contribution in [0.4, 0.5) is 5.69 Å². The first-order chi connectivity index (χ1) is 13.0. The van der Waals surface area contributed by atoms with Crippen molar-refractivity contribution in [3.8, 4) is 0 Å². The Morgan fingerprint density at radius 2 is 1.85 bits per heavy atom. The van der Waals surface area contributed by atoms with Crippen LogP contribution in [0.25, 0.3) is 0 Å². The quantitative estimate of drug-likeness (QED) is 0.575. The highest BCUT2D eigenvalue weighted by Crippen LogP contribution is 2.22. The fourth-order valence-electron chi connectivity index (χ4n) is 2.64. The molecule has 0 saturated heterocycles. The molecule has 0 unspecified atom stereocenters.